The Morgan fingerprint density at radius 1 is 1.31 bits per heavy atom. The summed E-state index contributed by atoms with van der Waals surface area (Å²) in [6.45, 7) is 0.461. The smallest absolute Gasteiger partial charge is 0.119 e. The van der Waals surface area contributed by atoms with E-state index in [-0.39, 0.29) is 0 Å². The molecular formula is C11H10ClN3S. The van der Waals surface area contributed by atoms with Crippen molar-refractivity contribution in [1.29, 1.82) is 0 Å². The van der Waals surface area contributed by atoms with E-state index in [0.717, 1.165) is 15.5 Å². The van der Waals surface area contributed by atoms with Gasteiger partial charge in [-0.05, 0) is 23.8 Å². The summed E-state index contributed by atoms with van der Waals surface area (Å²) in [5, 5.41) is 1.54. The fourth-order valence-electron chi connectivity index (χ4n) is 1.26. The summed E-state index contributed by atoms with van der Waals surface area (Å²) >= 11 is 7.44. The van der Waals surface area contributed by atoms with Crippen LogP contribution in [0.1, 0.15) is 5.56 Å². The molecule has 2 rings (SSSR count). The first-order chi connectivity index (χ1) is 7.79. The van der Waals surface area contributed by atoms with Gasteiger partial charge in [-0.3, -0.25) is 4.98 Å². The molecule has 0 fully saturated rings. The highest BCUT2D eigenvalue weighted by Gasteiger charge is 2.04. The molecule has 2 aromatic rings. The lowest BCUT2D eigenvalue weighted by Crippen LogP contribution is -1.98. The molecule has 0 spiro atoms. The number of rotatable bonds is 3. The van der Waals surface area contributed by atoms with Crippen LogP contribution in [-0.4, -0.2) is 9.97 Å². The monoisotopic (exact) mass is 251 g/mol. The van der Waals surface area contributed by atoms with Gasteiger partial charge < -0.3 is 5.73 Å². The van der Waals surface area contributed by atoms with Crippen LogP contribution < -0.4 is 5.73 Å². The Balaban J connectivity index is 2.28. The second-order valence-corrected chi connectivity index (χ2v) is 4.60. The Bertz CT molecular complexity index is 476. The van der Waals surface area contributed by atoms with Crippen LogP contribution >= 0.6 is 23.4 Å². The third-order valence-electron chi connectivity index (χ3n) is 2.00. The first kappa shape index (κ1) is 11.4. The third-order valence-corrected chi connectivity index (χ3v) is 3.27. The molecule has 1 aromatic carbocycles. The second kappa shape index (κ2) is 5.30. The average Bonchev–Trinajstić information content (AvgIpc) is 2.33. The van der Waals surface area contributed by atoms with E-state index in [4.69, 9.17) is 17.3 Å². The number of halogens is 1. The van der Waals surface area contributed by atoms with Crippen LogP contribution in [0.3, 0.4) is 0 Å². The summed E-state index contributed by atoms with van der Waals surface area (Å²) in [6.07, 6.45) is 5.04. The minimum Gasteiger partial charge on any atom is -0.326 e. The SMILES string of the molecule is NCc1cc(Cl)ccc1Sc1cnccn1. The molecule has 1 heterocycles. The summed E-state index contributed by atoms with van der Waals surface area (Å²) in [5.41, 5.74) is 6.68. The molecule has 0 bridgehead atoms. The summed E-state index contributed by atoms with van der Waals surface area (Å²) in [5.74, 6) is 0. The molecule has 0 saturated heterocycles. The highest BCUT2D eigenvalue weighted by molar-refractivity contribution is 7.99. The van der Waals surface area contributed by atoms with Crippen molar-refractivity contribution in [2.45, 2.75) is 16.5 Å². The Labute approximate surface area is 103 Å². The van der Waals surface area contributed by atoms with Gasteiger partial charge in [0.15, 0.2) is 0 Å². The van der Waals surface area contributed by atoms with Crippen LogP contribution in [0.4, 0.5) is 0 Å². The van der Waals surface area contributed by atoms with Crippen LogP contribution in [-0.2, 0) is 6.54 Å². The van der Waals surface area contributed by atoms with Gasteiger partial charge in [0.1, 0.15) is 5.03 Å². The lowest BCUT2D eigenvalue weighted by atomic mass is 10.2. The Morgan fingerprint density at radius 2 is 2.19 bits per heavy atom. The summed E-state index contributed by atoms with van der Waals surface area (Å²) in [4.78, 5) is 9.27. The predicted molar refractivity (Wildman–Crippen MR) is 65.5 cm³/mol. The van der Waals surface area contributed by atoms with Gasteiger partial charge in [0.05, 0.1) is 6.20 Å². The quantitative estimate of drug-likeness (QED) is 0.911. The zero-order valence-electron chi connectivity index (χ0n) is 8.43. The number of nitrogens with zero attached hydrogens (tertiary/aromatic N) is 2. The minimum atomic E-state index is 0.461. The number of aromatic nitrogens is 2. The van der Waals surface area contributed by atoms with Gasteiger partial charge in [-0.1, -0.05) is 23.4 Å². The van der Waals surface area contributed by atoms with Crippen LogP contribution in [0, 0.1) is 0 Å². The Kier molecular flexibility index (Phi) is 3.77. The first-order valence-electron chi connectivity index (χ1n) is 4.72. The molecule has 2 N–H and O–H groups in total. The lowest BCUT2D eigenvalue weighted by molar-refractivity contribution is 1.02. The summed E-state index contributed by atoms with van der Waals surface area (Å²) in [7, 11) is 0. The van der Waals surface area contributed by atoms with Crippen molar-refractivity contribution >= 4 is 23.4 Å². The maximum atomic E-state index is 5.91. The van der Waals surface area contributed by atoms with Crippen LogP contribution in [0.5, 0.6) is 0 Å². The molecule has 1 aromatic heterocycles. The van der Waals surface area contributed by atoms with Gasteiger partial charge >= 0.3 is 0 Å². The largest absolute Gasteiger partial charge is 0.326 e. The van der Waals surface area contributed by atoms with Crippen molar-refractivity contribution in [3.05, 3.63) is 47.4 Å². The lowest BCUT2D eigenvalue weighted by Gasteiger charge is -2.06. The molecule has 0 aliphatic carbocycles. The maximum Gasteiger partial charge on any atom is 0.119 e. The summed E-state index contributed by atoms with van der Waals surface area (Å²) < 4.78 is 0. The van der Waals surface area contributed by atoms with Crippen molar-refractivity contribution in [2.24, 2.45) is 5.73 Å². The van der Waals surface area contributed by atoms with E-state index in [1.807, 2.05) is 18.2 Å². The molecular weight excluding hydrogens is 242 g/mol. The van der Waals surface area contributed by atoms with Crippen LogP contribution in [0.25, 0.3) is 0 Å². The molecule has 5 heteroatoms. The molecule has 0 radical (unpaired) electrons. The molecule has 82 valence electrons. The number of hydrogen-bond donors (Lipinski definition) is 1. The zero-order chi connectivity index (χ0) is 11.4. The highest BCUT2D eigenvalue weighted by atomic mass is 35.5. The highest BCUT2D eigenvalue weighted by Crippen LogP contribution is 2.30. The van der Waals surface area contributed by atoms with E-state index >= 15 is 0 Å². The van der Waals surface area contributed by atoms with Gasteiger partial charge in [0.2, 0.25) is 0 Å². The van der Waals surface area contributed by atoms with Crippen molar-refractivity contribution in [3.8, 4) is 0 Å². The van der Waals surface area contributed by atoms with E-state index < -0.39 is 0 Å². The van der Waals surface area contributed by atoms with Crippen molar-refractivity contribution < 1.29 is 0 Å². The molecule has 16 heavy (non-hydrogen) atoms. The van der Waals surface area contributed by atoms with Crippen molar-refractivity contribution in [3.63, 3.8) is 0 Å². The third kappa shape index (κ3) is 2.72. The predicted octanol–water partition coefficient (Wildman–Crippen LogP) is 2.74. The van der Waals surface area contributed by atoms with Gasteiger partial charge in [-0.25, -0.2) is 4.98 Å². The molecule has 0 aliphatic rings. The van der Waals surface area contributed by atoms with Crippen LogP contribution in [0.2, 0.25) is 5.02 Å². The van der Waals surface area contributed by atoms with E-state index in [2.05, 4.69) is 9.97 Å². The molecule has 0 aliphatic heterocycles. The van der Waals surface area contributed by atoms with E-state index in [9.17, 15) is 0 Å². The fourth-order valence-corrected chi connectivity index (χ4v) is 2.31. The van der Waals surface area contributed by atoms with E-state index in [0.29, 0.717) is 11.6 Å². The first-order valence-corrected chi connectivity index (χ1v) is 5.91. The van der Waals surface area contributed by atoms with Crippen molar-refractivity contribution in [2.75, 3.05) is 0 Å². The average molecular weight is 252 g/mol. The maximum absolute atomic E-state index is 5.91. The van der Waals surface area contributed by atoms with Gasteiger partial charge in [0.25, 0.3) is 0 Å². The molecule has 0 atom stereocenters. The minimum absolute atomic E-state index is 0.461. The Morgan fingerprint density at radius 3 is 2.88 bits per heavy atom. The summed E-state index contributed by atoms with van der Waals surface area (Å²) in [6, 6.07) is 5.67. The van der Waals surface area contributed by atoms with E-state index in [1.54, 1.807) is 18.6 Å². The van der Waals surface area contributed by atoms with Gasteiger partial charge in [0, 0.05) is 28.9 Å². The Hall–Kier alpha value is -1.10. The van der Waals surface area contributed by atoms with Gasteiger partial charge in [-0.15, -0.1) is 0 Å². The number of nitrogens with two attached hydrogens (primary N) is 1. The van der Waals surface area contributed by atoms with E-state index in [1.165, 1.54) is 11.8 Å². The molecule has 0 amide bonds. The van der Waals surface area contributed by atoms with Crippen molar-refractivity contribution in [1.82, 2.24) is 9.97 Å². The molecule has 0 saturated carbocycles. The fraction of sp³-hybridized carbons (Fsp3) is 0.0909. The number of hydrogen-bond acceptors (Lipinski definition) is 4. The number of benzene rings is 1. The standard InChI is InChI=1S/C11H10ClN3S/c12-9-1-2-10(8(5-9)6-13)16-11-7-14-3-4-15-11/h1-5,7H,6,13H2. The van der Waals surface area contributed by atoms with Gasteiger partial charge in [-0.2, -0.15) is 0 Å². The normalized spacial score (nSPS) is 10.4. The molecule has 0 unspecified atom stereocenters. The molecule has 3 nitrogen and oxygen atoms in total. The second-order valence-electron chi connectivity index (χ2n) is 3.10. The topological polar surface area (TPSA) is 51.8 Å². The zero-order valence-corrected chi connectivity index (χ0v) is 10.0. The van der Waals surface area contributed by atoms with Crippen LogP contribution in [0.15, 0.2) is 46.7 Å².